The molecule has 0 rings (SSSR count). The van der Waals surface area contributed by atoms with Gasteiger partial charge in [0.1, 0.15) is 8.07 Å². The number of carbonyl (C=O) groups is 1. The van der Waals surface area contributed by atoms with Crippen molar-refractivity contribution in [1.82, 2.24) is 0 Å². The van der Waals surface area contributed by atoms with Crippen molar-refractivity contribution in [1.29, 1.82) is 0 Å². The third-order valence-electron chi connectivity index (χ3n) is 0.756. The van der Waals surface area contributed by atoms with Gasteiger partial charge < -0.3 is 5.11 Å². The quantitative estimate of drug-likeness (QED) is 0.366. The Hall–Kier alpha value is -1.01. The summed E-state index contributed by atoms with van der Waals surface area (Å²) in [4.78, 5) is 9.98. The van der Waals surface area contributed by atoms with Crippen molar-refractivity contribution in [3.8, 4) is 11.5 Å². The molecule has 0 aliphatic carbocycles. The molecule has 60 valence electrons. The van der Waals surface area contributed by atoms with Crippen LogP contribution in [0.15, 0.2) is 12.2 Å². The van der Waals surface area contributed by atoms with Gasteiger partial charge in [-0.15, -0.1) is 5.54 Å². The molecule has 0 fully saturated rings. The van der Waals surface area contributed by atoms with Gasteiger partial charge in [0, 0.05) is 6.08 Å². The lowest BCUT2D eigenvalue weighted by Crippen LogP contribution is -2.16. The van der Waals surface area contributed by atoms with Crippen LogP contribution in [0.1, 0.15) is 0 Å². The molecule has 3 heteroatoms. The van der Waals surface area contributed by atoms with E-state index in [-0.39, 0.29) is 0 Å². The number of hydrogen-bond acceptors (Lipinski definition) is 1. The van der Waals surface area contributed by atoms with Crippen molar-refractivity contribution < 1.29 is 9.90 Å². The first kappa shape index (κ1) is 9.99. The Bertz CT molecular complexity index is 225. The van der Waals surface area contributed by atoms with Crippen molar-refractivity contribution in [2.45, 2.75) is 19.6 Å². The monoisotopic (exact) mass is 168 g/mol. The van der Waals surface area contributed by atoms with Gasteiger partial charge in [-0.1, -0.05) is 25.6 Å². The van der Waals surface area contributed by atoms with Crippen LogP contribution in [0.3, 0.4) is 0 Å². The van der Waals surface area contributed by atoms with Gasteiger partial charge in [0.2, 0.25) is 0 Å². The van der Waals surface area contributed by atoms with Gasteiger partial charge in [-0.2, -0.15) is 0 Å². The van der Waals surface area contributed by atoms with Crippen molar-refractivity contribution >= 4 is 14.0 Å². The summed E-state index contributed by atoms with van der Waals surface area (Å²) in [5.74, 6) is 1.76. The van der Waals surface area contributed by atoms with E-state index in [1.165, 1.54) is 6.08 Å². The number of carboxylic acid groups (broad SMARTS) is 1. The molecule has 0 spiro atoms. The van der Waals surface area contributed by atoms with Gasteiger partial charge in [0.25, 0.3) is 0 Å². The predicted octanol–water partition coefficient (Wildman–Crippen LogP) is 1.51. The van der Waals surface area contributed by atoms with Crippen LogP contribution in [0.5, 0.6) is 0 Å². The Balaban J connectivity index is 4.02. The Morgan fingerprint density at radius 1 is 1.45 bits per heavy atom. The molecule has 0 aromatic rings. The molecule has 0 saturated carbocycles. The van der Waals surface area contributed by atoms with Crippen molar-refractivity contribution in [3.63, 3.8) is 0 Å². The van der Waals surface area contributed by atoms with Crippen LogP contribution in [0, 0.1) is 11.5 Å². The average Bonchev–Trinajstić information content (AvgIpc) is 1.78. The Morgan fingerprint density at radius 2 is 2.00 bits per heavy atom. The molecule has 0 unspecified atom stereocenters. The highest BCUT2D eigenvalue weighted by molar-refractivity contribution is 6.83. The minimum absolute atomic E-state index is 0.949. The first-order valence-electron chi connectivity index (χ1n) is 3.34. The lowest BCUT2D eigenvalue weighted by atomic mass is 10.5. The summed E-state index contributed by atoms with van der Waals surface area (Å²) < 4.78 is 0. The van der Waals surface area contributed by atoms with Crippen LogP contribution in [-0.2, 0) is 4.79 Å². The van der Waals surface area contributed by atoms with Crippen LogP contribution in [0.2, 0.25) is 19.6 Å². The fourth-order valence-electron chi connectivity index (χ4n) is 0.371. The van der Waals surface area contributed by atoms with E-state index in [9.17, 15) is 4.79 Å². The molecule has 0 bridgehead atoms. The highest BCUT2D eigenvalue weighted by Gasteiger charge is 2.06. The standard InChI is InChI=1S/C8H12O2Si/c1-11(2,3)7-5-4-6-8(9)10/h4,6H,1-3H3,(H,9,10)/b6-4-. The maximum Gasteiger partial charge on any atom is 0.328 e. The molecule has 0 aromatic carbocycles. The van der Waals surface area contributed by atoms with E-state index < -0.39 is 14.0 Å². The molecule has 0 aliphatic heterocycles. The SMILES string of the molecule is C[Si](C)(C)C#C/C=C\C(=O)O. The molecule has 2 nitrogen and oxygen atoms in total. The average molecular weight is 168 g/mol. The van der Waals surface area contributed by atoms with Crippen molar-refractivity contribution in [2.75, 3.05) is 0 Å². The van der Waals surface area contributed by atoms with Gasteiger partial charge in [-0.05, 0) is 6.08 Å². The summed E-state index contributed by atoms with van der Waals surface area (Å²) in [5, 5.41) is 8.20. The van der Waals surface area contributed by atoms with E-state index >= 15 is 0 Å². The maximum atomic E-state index is 9.98. The van der Waals surface area contributed by atoms with Crippen molar-refractivity contribution in [3.05, 3.63) is 12.2 Å². The van der Waals surface area contributed by atoms with Gasteiger partial charge >= 0.3 is 5.97 Å². The minimum Gasteiger partial charge on any atom is -0.478 e. The van der Waals surface area contributed by atoms with Gasteiger partial charge in [0.15, 0.2) is 0 Å². The number of hydrogen-bond donors (Lipinski definition) is 1. The second-order valence-corrected chi connectivity index (χ2v) is 7.94. The van der Waals surface area contributed by atoms with E-state index in [2.05, 4.69) is 31.1 Å². The second-order valence-electron chi connectivity index (χ2n) is 3.19. The van der Waals surface area contributed by atoms with Crippen LogP contribution in [0.25, 0.3) is 0 Å². The zero-order valence-electron chi connectivity index (χ0n) is 7.01. The molecule has 0 saturated heterocycles. The molecule has 0 atom stereocenters. The third kappa shape index (κ3) is 8.99. The molecule has 0 amide bonds. The summed E-state index contributed by atoms with van der Waals surface area (Å²) in [7, 11) is -1.33. The lowest BCUT2D eigenvalue weighted by molar-refractivity contribution is -0.131. The Kier molecular flexibility index (Phi) is 3.62. The van der Waals surface area contributed by atoms with E-state index in [1.807, 2.05) is 0 Å². The summed E-state index contributed by atoms with van der Waals surface area (Å²) in [6.07, 6.45) is 2.42. The smallest absolute Gasteiger partial charge is 0.328 e. The topological polar surface area (TPSA) is 37.3 Å². The third-order valence-corrected chi connectivity index (χ3v) is 1.65. The maximum absolute atomic E-state index is 9.98. The van der Waals surface area contributed by atoms with Crippen LogP contribution in [0.4, 0.5) is 0 Å². The Labute approximate surface area is 67.9 Å². The first-order valence-corrected chi connectivity index (χ1v) is 6.84. The molecule has 11 heavy (non-hydrogen) atoms. The lowest BCUT2D eigenvalue weighted by Gasteiger charge is -2.01. The summed E-state index contributed by atoms with van der Waals surface area (Å²) >= 11 is 0. The van der Waals surface area contributed by atoms with Crippen molar-refractivity contribution in [2.24, 2.45) is 0 Å². The predicted molar refractivity (Wildman–Crippen MR) is 47.9 cm³/mol. The van der Waals surface area contributed by atoms with Crippen LogP contribution < -0.4 is 0 Å². The van der Waals surface area contributed by atoms with Crippen LogP contribution >= 0.6 is 0 Å². The zero-order chi connectivity index (χ0) is 8.91. The minimum atomic E-state index is -1.33. The second kappa shape index (κ2) is 3.99. The first-order chi connectivity index (χ1) is 4.92. The van der Waals surface area contributed by atoms with E-state index in [1.54, 1.807) is 0 Å². The van der Waals surface area contributed by atoms with E-state index in [4.69, 9.17) is 5.11 Å². The van der Waals surface area contributed by atoms with E-state index in [0.717, 1.165) is 6.08 Å². The fourth-order valence-corrected chi connectivity index (χ4v) is 0.887. The van der Waals surface area contributed by atoms with Gasteiger partial charge in [-0.3, -0.25) is 0 Å². The zero-order valence-corrected chi connectivity index (χ0v) is 8.01. The van der Waals surface area contributed by atoms with E-state index in [0.29, 0.717) is 0 Å². The molecular formula is C8H12O2Si. The molecule has 0 aromatic heterocycles. The summed E-state index contributed by atoms with van der Waals surface area (Å²) in [5.41, 5.74) is 3.02. The molecule has 0 heterocycles. The van der Waals surface area contributed by atoms with Gasteiger partial charge in [-0.25, -0.2) is 4.79 Å². The summed E-state index contributed by atoms with van der Waals surface area (Å²) in [6.45, 7) is 6.32. The van der Waals surface area contributed by atoms with Gasteiger partial charge in [0.05, 0.1) is 0 Å². The molecule has 0 radical (unpaired) electrons. The molecule has 1 N–H and O–H groups in total. The number of rotatable bonds is 1. The molecular weight excluding hydrogens is 156 g/mol. The summed E-state index contributed by atoms with van der Waals surface area (Å²) in [6, 6.07) is 0. The van der Waals surface area contributed by atoms with Crippen LogP contribution in [-0.4, -0.2) is 19.1 Å². The largest absolute Gasteiger partial charge is 0.478 e. The number of allylic oxidation sites excluding steroid dienone is 1. The fraction of sp³-hybridized carbons (Fsp3) is 0.375. The molecule has 0 aliphatic rings. The highest BCUT2D eigenvalue weighted by atomic mass is 28.3. The Morgan fingerprint density at radius 3 is 2.36 bits per heavy atom. The normalized spacial score (nSPS) is 10.8. The number of aliphatic carboxylic acids is 1. The highest BCUT2D eigenvalue weighted by Crippen LogP contribution is 1.95. The number of carboxylic acids is 1.